The van der Waals surface area contributed by atoms with Crippen LogP contribution in [0.5, 0.6) is 0 Å². The normalized spacial score (nSPS) is 20.2. The zero-order valence-electron chi connectivity index (χ0n) is 14.1. The van der Waals surface area contributed by atoms with Crippen LogP contribution in [0.1, 0.15) is 18.9 Å². The first kappa shape index (κ1) is 17.7. The third-order valence-electron chi connectivity index (χ3n) is 3.91. The van der Waals surface area contributed by atoms with Gasteiger partial charge in [0.25, 0.3) is 0 Å². The van der Waals surface area contributed by atoms with Gasteiger partial charge in [-0.3, -0.25) is 4.98 Å². The van der Waals surface area contributed by atoms with E-state index in [2.05, 4.69) is 22.9 Å². The van der Waals surface area contributed by atoms with Crippen molar-refractivity contribution >= 4 is 11.6 Å². The third-order valence-corrected chi connectivity index (χ3v) is 4.16. The first-order chi connectivity index (χ1) is 12.2. The summed E-state index contributed by atoms with van der Waals surface area (Å²) in [5.74, 6) is 6.49. The van der Waals surface area contributed by atoms with Crippen molar-refractivity contribution in [2.24, 2.45) is 5.92 Å². The molecule has 2 aromatic rings. The molecule has 1 aromatic heterocycles. The summed E-state index contributed by atoms with van der Waals surface area (Å²) < 4.78 is 11.3. The lowest BCUT2D eigenvalue weighted by molar-refractivity contribution is -0.168. The van der Waals surface area contributed by atoms with Crippen LogP contribution >= 0.6 is 11.6 Å². The number of aromatic nitrogens is 1. The van der Waals surface area contributed by atoms with Crippen LogP contribution in [-0.2, 0) is 9.47 Å². The van der Waals surface area contributed by atoms with Gasteiger partial charge < -0.3 is 9.47 Å². The van der Waals surface area contributed by atoms with Crippen LogP contribution < -0.4 is 0 Å². The number of hydrogen-bond acceptors (Lipinski definition) is 3. The quantitative estimate of drug-likeness (QED) is 0.591. The number of pyridine rings is 1. The Labute approximate surface area is 153 Å². The smallest absolute Gasteiger partial charge is 0.222 e. The van der Waals surface area contributed by atoms with Crippen molar-refractivity contribution in [3.05, 3.63) is 65.3 Å². The molecule has 3 rings (SSSR count). The maximum atomic E-state index is 5.91. The molecule has 3 nitrogen and oxygen atoms in total. The molecule has 128 valence electrons. The Morgan fingerprint density at radius 1 is 1.16 bits per heavy atom. The molecule has 0 radical (unpaired) electrons. The second-order valence-corrected chi connectivity index (χ2v) is 6.31. The summed E-state index contributed by atoms with van der Waals surface area (Å²) in [7, 11) is 0. The van der Waals surface area contributed by atoms with Gasteiger partial charge in [-0.05, 0) is 43.5 Å². The van der Waals surface area contributed by atoms with E-state index in [1.165, 1.54) is 0 Å². The summed E-state index contributed by atoms with van der Waals surface area (Å²) in [6, 6.07) is 11.5. The van der Waals surface area contributed by atoms with E-state index in [1.807, 2.05) is 49.4 Å². The zero-order chi connectivity index (χ0) is 17.5. The van der Waals surface area contributed by atoms with E-state index in [0.717, 1.165) is 23.2 Å². The topological polar surface area (TPSA) is 31.4 Å². The Morgan fingerprint density at radius 2 is 1.92 bits per heavy atom. The molecule has 0 unspecified atom stereocenters. The monoisotopic (exact) mass is 353 g/mol. The van der Waals surface area contributed by atoms with E-state index < -0.39 is 6.29 Å². The van der Waals surface area contributed by atoms with Gasteiger partial charge in [0.05, 0.1) is 18.9 Å². The summed E-state index contributed by atoms with van der Waals surface area (Å²) in [4.78, 5) is 4.45. The highest BCUT2D eigenvalue weighted by Gasteiger charge is 2.19. The van der Waals surface area contributed by atoms with Crippen molar-refractivity contribution in [3.63, 3.8) is 0 Å². The van der Waals surface area contributed by atoms with Gasteiger partial charge in [0.15, 0.2) is 0 Å². The third kappa shape index (κ3) is 5.17. The maximum absolute atomic E-state index is 5.91. The summed E-state index contributed by atoms with van der Waals surface area (Å²) in [5, 5.41) is 0.715. The largest absolute Gasteiger partial charge is 0.342 e. The number of halogens is 1. The average molecular weight is 354 g/mol. The number of rotatable bonds is 3. The number of hydrogen-bond donors (Lipinski definition) is 0. The van der Waals surface area contributed by atoms with Gasteiger partial charge in [0.1, 0.15) is 0 Å². The fraction of sp³-hybridized carbons (Fsp3) is 0.286. The molecule has 0 aliphatic carbocycles. The van der Waals surface area contributed by atoms with E-state index in [-0.39, 0.29) is 0 Å². The Morgan fingerprint density at radius 3 is 2.56 bits per heavy atom. The molecule has 1 fully saturated rings. The summed E-state index contributed by atoms with van der Waals surface area (Å²) >= 11 is 5.91. The Balaban J connectivity index is 1.58. The fourth-order valence-corrected chi connectivity index (χ4v) is 2.62. The fourth-order valence-electron chi connectivity index (χ4n) is 2.49. The minimum Gasteiger partial charge on any atom is -0.342 e. The molecule has 0 bridgehead atoms. The minimum absolute atomic E-state index is 0.412. The van der Waals surface area contributed by atoms with Crippen LogP contribution in [0.2, 0.25) is 5.02 Å². The maximum Gasteiger partial charge on any atom is 0.222 e. The van der Waals surface area contributed by atoms with Gasteiger partial charge in [-0.15, -0.1) is 0 Å². The van der Waals surface area contributed by atoms with Crippen molar-refractivity contribution in [1.82, 2.24) is 4.98 Å². The lowest BCUT2D eigenvalue weighted by Gasteiger charge is -2.25. The average Bonchev–Trinajstić information content (AvgIpc) is 2.67. The van der Waals surface area contributed by atoms with Crippen molar-refractivity contribution < 1.29 is 9.47 Å². The second-order valence-electron chi connectivity index (χ2n) is 5.88. The van der Waals surface area contributed by atoms with Crippen LogP contribution in [0, 0.1) is 17.8 Å². The Kier molecular flexibility index (Phi) is 6.25. The van der Waals surface area contributed by atoms with Gasteiger partial charge >= 0.3 is 0 Å². The molecule has 0 atom stereocenters. The van der Waals surface area contributed by atoms with Crippen LogP contribution in [0.4, 0.5) is 0 Å². The summed E-state index contributed by atoms with van der Waals surface area (Å²) in [6.45, 7) is 3.37. The van der Waals surface area contributed by atoms with E-state index >= 15 is 0 Å². The molecule has 1 saturated heterocycles. The van der Waals surface area contributed by atoms with E-state index in [9.17, 15) is 0 Å². The van der Waals surface area contributed by atoms with Crippen molar-refractivity contribution in [1.29, 1.82) is 0 Å². The lowest BCUT2D eigenvalue weighted by atomic mass is 10.1. The highest BCUT2D eigenvalue weighted by atomic mass is 35.5. The number of nitrogens with zero attached hydrogens (tertiary/aromatic N) is 1. The van der Waals surface area contributed by atoms with E-state index in [1.54, 1.807) is 6.20 Å². The molecule has 2 heterocycles. The molecule has 0 saturated carbocycles. The van der Waals surface area contributed by atoms with Crippen LogP contribution in [-0.4, -0.2) is 24.5 Å². The van der Waals surface area contributed by atoms with Gasteiger partial charge in [-0.1, -0.05) is 41.8 Å². The highest BCUT2D eigenvalue weighted by Crippen LogP contribution is 2.19. The van der Waals surface area contributed by atoms with Gasteiger partial charge in [0, 0.05) is 28.3 Å². The molecular weight excluding hydrogens is 334 g/mol. The Bertz CT molecular complexity index is 764. The van der Waals surface area contributed by atoms with E-state index in [0.29, 0.717) is 24.2 Å². The first-order valence-electron chi connectivity index (χ1n) is 8.32. The number of ether oxygens (including phenoxy) is 2. The predicted molar refractivity (Wildman–Crippen MR) is 100 cm³/mol. The lowest BCUT2D eigenvalue weighted by Crippen LogP contribution is -2.30. The molecule has 0 N–H and O–H groups in total. The zero-order valence-corrected chi connectivity index (χ0v) is 14.9. The summed E-state index contributed by atoms with van der Waals surface area (Å²) in [5.41, 5.74) is 2.75. The molecule has 1 aromatic carbocycles. The molecule has 4 heteroatoms. The minimum atomic E-state index is -0.460. The van der Waals surface area contributed by atoms with Crippen molar-refractivity contribution in [3.8, 4) is 23.1 Å². The summed E-state index contributed by atoms with van der Waals surface area (Å²) in [6.07, 6.45) is 6.46. The predicted octanol–water partition coefficient (Wildman–Crippen LogP) is 4.71. The molecule has 1 aliphatic heterocycles. The van der Waals surface area contributed by atoms with Gasteiger partial charge in [0.2, 0.25) is 6.29 Å². The number of allylic oxidation sites excluding steroid dienone is 2. The van der Waals surface area contributed by atoms with Crippen molar-refractivity contribution in [2.45, 2.75) is 19.6 Å². The van der Waals surface area contributed by atoms with Crippen LogP contribution in [0.3, 0.4) is 0 Å². The molecular formula is C21H20ClNO2. The molecule has 0 amide bonds. The number of benzene rings is 1. The SMILES string of the molecule is C/C=C/CC1COC(C#Cc2ccc(-c3ccc(Cl)cc3)nc2)OC1. The molecule has 25 heavy (non-hydrogen) atoms. The standard InChI is InChI=1S/C21H20ClNO2/c1-2-3-4-17-14-24-21(25-15-17)12-6-16-5-11-20(23-13-16)18-7-9-19(22)10-8-18/h2-3,5,7-11,13,17,21H,4,14-15H2,1H3/b3-2+. The van der Waals surface area contributed by atoms with Crippen molar-refractivity contribution in [2.75, 3.05) is 13.2 Å². The van der Waals surface area contributed by atoms with Crippen LogP contribution in [0.25, 0.3) is 11.3 Å². The van der Waals surface area contributed by atoms with Crippen LogP contribution in [0.15, 0.2) is 54.7 Å². The van der Waals surface area contributed by atoms with Gasteiger partial charge in [-0.25, -0.2) is 0 Å². The first-order valence-corrected chi connectivity index (χ1v) is 8.70. The molecule has 0 spiro atoms. The molecule has 1 aliphatic rings. The highest BCUT2D eigenvalue weighted by molar-refractivity contribution is 6.30. The van der Waals surface area contributed by atoms with Gasteiger partial charge in [-0.2, -0.15) is 0 Å². The van der Waals surface area contributed by atoms with E-state index in [4.69, 9.17) is 21.1 Å². The second kappa shape index (κ2) is 8.82. The Hall–Kier alpha value is -2.12.